The van der Waals surface area contributed by atoms with Crippen LogP contribution in [0.15, 0.2) is 30.3 Å². The standard InChI is InChI=1S/C18H27N3O2/c22-15-18(6-7-18)14-19-17(23)13-21-10-8-20(9-11-21)12-16-4-2-1-3-5-16/h1-5,22H,6-15H2,(H,19,23). The van der Waals surface area contributed by atoms with Gasteiger partial charge < -0.3 is 10.4 Å². The fourth-order valence-electron chi connectivity index (χ4n) is 3.06. The number of carbonyl (C=O) groups is 1. The fourth-order valence-corrected chi connectivity index (χ4v) is 3.06. The Kier molecular flexibility index (Phi) is 5.30. The number of hydrogen-bond donors (Lipinski definition) is 2. The Morgan fingerprint density at radius 2 is 1.74 bits per heavy atom. The molecule has 0 radical (unpaired) electrons. The number of hydrogen-bond acceptors (Lipinski definition) is 4. The Morgan fingerprint density at radius 1 is 1.09 bits per heavy atom. The molecule has 1 aromatic rings. The molecule has 2 N–H and O–H groups in total. The molecule has 3 rings (SSSR count). The fraction of sp³-hybridized carbons (Fsp3) is 0.611. The van der Waals surface area contributed by atoms with Gasteiger partial charge in [0.05, 0.1) is 13.2 Å². The molecule has 126 valence electrons. The van der Waals surface area contributed by atoms with E-state index in [2.05, 4.69) is 39.4 Å². The summed E-state index contributed by atoms with van der Waals surface area (Å²) in [6.07, 6.45) is 2.06. The molecule has 0 unspecified atom stereocenters. The maximum atomic E-state index is 12.0. The van der Waals surface area contributed by atoms with Gasteiger partial charge in [-0.05, 0) is 18.4 Å². The zero-order valence-corrected chi connectivity index (χ0v) is 13.7. The van der Waals surface area contributed by atoms with Gasteiger partial charge in [0.25, 0.3) is 0 Å². The SMILES string of the molecule is O=C(CN1CCN(Cc2ccccc2)CC1)NCC1(CO)CC1. The third kappa shape index (κ3) is 4.77. The van der Waals surface area contributed by atoms with Crippen molar-refractivity contribution in [2.45, 2.75) is 19.4 Å². The van der Waals surface area contributed by atoms with Gasteiger partial charge in [-0.15, -0.1) is 0 Å². The molecule has 5 heteroatoms. The zero-order valence-electron chi connectivity index (χ0n) is 13.7. The summed E-state index contributed by atoms with van der Waals surface area (Å²) >= 11 is 0. The minimum Gasteiger partial charge on any atom is -0.396 e. The van der Waals surface area contributed by atoms with Crippen molar-refractivity contribution in [2.24, 2.45) is 5.41 Å². The maximum Gasteiger partial charge on any atom is 0.234 e. The highest BCUT2D eigenvalue weighted by Gasteiger charge is 2.42. The van der Waals surface area contributed by atoms with E-state index in [0.29, 0.717) is 13.1 Å². The predicted octanol–water partition coefficient (Wildman–Crippen LogP) is 0.693. The van der Waals surface area contributed by atoms with E-state index in [1.54, 1.807) is 0 Å². The molecule has 2 fully saturated rings. The number of aliphatic hydroxyl groups is 1. The highest BCUT2D eigenvalue weighted by Crippen LogP contribution is 2.44. The molecule has 1 saturated carbocycles. The molecule has 0 bridgehead atoms. The van der Waals surface area contributed by atoms with Gasteiger partial charge in [0.1, 0.15) is 0 Å². The zero-order chi connectivity index (χ0) is 16.1. The summed E-state index contributed by atoms with van der Waals surface area (Å²) in [4.78, 5) is 16.7. The second-order valence-corrected chi connectivity index (χ2v) is 6.97. The number of piperazine rings is 1. The molecule has 0 spiro atoms. The van der Waals surface area contributed by atoms with Crippen molar-refractivity contribution in [3.05, 3.63) is 35.9 Å². The summed E-state index contributed by atoms with van der Waals surface area (Å²) in [6.45, 7) is 6.14. The predicted molar refractivity (Wildman–Crippen MR) is 89.9 cm³/mol. The van der Waals surface area contributed by atoms with E-state index in [1.165, 1.54) is 5.56 Å². The van der Waals surface area contributed by atoms with Crippen LogP contribution >= 0.6 is 0 Å². The summed E-state index contributed by atoms with van der Waals surface area (Å²) < 4.78 is 0. The normalized spacial score (nSPS) is 21.1. The van der Waals surface area contributed by atoms with Crippen LogP contribution < -0.4 is 5.32 Å². The molecule has 1 aliphatic carbocycles. The summed E-state index contributed by atoms with van der Waals surface area (Å²) in [5.41, 5.74) is 1.33. The van der Waals surface area contributed by atoms with Gasteiger partial charge in [0.2, 0.25) is 5.91 Å². The first-order valence-corrected chi connectivity index (χ1v) is 8.55. The Hall–Kier alpha value is -1.43. The van der Waals surface area contributed by atoms with Crippen molar-refractivity contribution in [3.8, 4) is 0 Å². The van der Waals surface area contributed by atoms with E-state index in [9.17, 15) is 9.90 Å². The molecular formula is C18H27N3O2. The quantitative estimate of drug-likeness (QED) is 0.777. The Bertz CT molecular complexity index is 508. The van der Waals surface area contributed by atoms with E-state index < -0.39 is 0 Å². The third-order valence-electron chi connectivity index (χ3n) is 5.03. The maximum absolute atomic E-state index is 12.0. The lowest BCUT2D eigenvalue weighted by Crippen LogP contribution is -2.49. The van der Waals surface area contributed by atoms with E-state index in [-0.39, 0.29) is 17.9 Å². The van der Waals surface area contributed by atoms with Crippen LogP contribution in [-0.4, -0.2) is 66.7 Å². The van der Waals surface area contributed by atoms with Crippen molar-refractivity contribution >= 4 is 5.91 Å². The molecule has 1 amide bonds. The topological polar surface area (TPSA) is 55.8 Å². The summed E-state index contributed by atoms with van der Waals surface area (Å²) in [7, 11) is 0. The molecule has 23 heavy (non-hydrogen) atoms. The van der Waals surface area contributed by atoms with Crippen LogP contribution in [0.25, 0.3) is 0 Å². The average Bonchev–Trinajstić information content (AvgIpc) is 3.37. The van der Waals surface area contributed by atoms with Gasteiger partial charge in [0, 0.05) is 44.7 Å². The van der Waals surface area contributed by atoms with Crippen LogP contribution in [-0.2, 0) is 11.3 Å². The number of aliphatic hydroxyl groups excluding tert-OH is 1. The van der Waals surface area contributed by atoms with Crippen LogP contribution in [0.5, 0.6) is 0 Å². The molecule has 1 saturated heterocycles. The van der Waals surface area contributed by atoms with Crippen LogP contribution in [0.4, 0.5) is 0 Å². The van der Waals surface area contributed by atoms with Crippen molar-refractivity contribution in [1.82, 2.24) is 15.1 Å². The second kappa shape index (κ2) is 7.43. The Morgan fingerprint density at radius 3 is 2.35 bits per heavy atom. The molecule has 0 aromatic heterocycles. The molecule has 5 nitrogen and oxygen atoms in total. The summed E-state index contributed by atoms with van der Waals surface area (Å²) in [5, 5.41) is 12.3. The largest absolute Gasteiger partial charge is 0.396 e. The number of amides is 1. The minimum absolute atomic E-state index is 0.00988. The van der Waals surface area contributed by atoms with E-state index in [1.807, 2.05) is 6.07 Å². The molecule has 1 aliphatic heterocycles. The van der Waals surface area contributed by atoms with Gasteiger partial charge in [-0.2, -0.15) is 0 Å². The lowest BCUT2D eigenvalue weighted by atomic mass is 10.1. The first kappa shape index (κ1) is 16.4. The molecule has 2 aliphatic rings. The van der Waals surface area contributed by atoms with Gasteiger partial charge in [-0.3, -0.25) is 14.6 Å². The minimum atomic E-state index is -0.00988. The van der Waals surface area contributed by atoms with Crippen LogP contribution in [0.3, 0.4) is 0 Å². The van der Waals surface area contributed by atoms with Crippen molar-refractivity contribution in [3.63, 3.8) is 0 Å². The highest BCUT2D eigenvalue weighted by atomic mass is 16.3. The highest BCUT2D eigenvalue weighted by molar-refractivity contribution is 5.78. The first-order chi connectivity index (χ1) is 11.2. The van der Waals surface area contributed by atoms with Gasteiger partial charge in [-0.25, -0.2) is 0 Å². The van der Waals surface area contributed by atoms with Gasteiger partial charge in [0.15, 0.2) is 0 Å². The van der Waals surface area contributed by atoms with Crippen LogP contribution in [0, 0.1) is 5.41 Å². The Balaban J connectivity index is 1.35. The van der Waals surface area contributed by atoms with Crippen molar-refractivity contribution < 1.29 is 9.90 Å². The number of carbonyl (C=O) groups excluding carboxylic acids is 1. The monoisotopic (exact) mass is 317 g/mol. The van der Waals surface area contributed by atoms with Crippen molar-refractivity contribution in [1.29, 1.82) is 0 Å². The lowest BCUT2D eigenvalue weighted by molar-refractivity contribution is -0.123. The molecule has 1 aromatic carbocycles. The van der Waals surface area contributed by atoms with Gasteiger partial charge in [-0.1, -0.05) is 30.3 Å². The number of rotatable bonds is 7. The first-order valence-electron chi connectivity index (χ1n) is 8.55. The molecule has 1 heterocycles. The summed E-state index contributed by atoms with van der Waals surface area (Å²) in [6, 6.07) is 10.5. The molecule has 0 atom stereocenters. The third-order valence-corrected chi connectivity index (χ3v) is 5.03. The van der Waals surface area contributed by atoms with E-state index in [4.69, 9.17) is 0 Å². The van der Waals surface area contributed by atoms with Crippen molar-refractivity contribution in [2.75, 3.05) is 45.9 Å². The van der Waals surface area contributed by atoms with E-state index in [0.717, 1.165) is 45.6 Å². The number of nitrogens with one attached hydrogen (secondary N) is 1. The Labute approximate surface area is 138 Å². The smallest absolute Gasteiger partial charge is 0.234 e. The second-order valence-electron chi connectivity index (χ2n) is 6.97. The number of benzene rings is 1. The number of nitrogens with zero attached hydrogens (tertiary/aromatic N) is 2. The van der Waals surface area contributed by atoms with Crippen LogP contribution in [0.1, 0.15) is 18.4 Å². The lowest BCUT2D eigenvalue weighted by Gasteiger charge is -2.34. The molecular weight excluding hydrogens is 290 g/mol. The summed E-state index contributed by atoms with van der Waals surface area (Å²) in [5.74, 6) is 0.0845. The van der Waals surface area contributed by atoms with Crippen LogP contribution in [0.2, 0.25) is 0 Å². The van der Waals surface area contributed by atoms with Gasteiger partial charge >= 0.3 is 0 Å². The average molecular weight is 317 g/mol. The van der Waals surface area contributed by atoms with E-state index >= 15 is 0 Å².